The summed E-state index contributed by atoms with van der Waals surface area (Å²) in [5.74, 6) is -2.75. The molecule has 1 aromatic carbocycles. The van der Waals surface area contributed by atoms with Crippen LogP contribution in [0.2, 0.25) is 0 Å². The Morgan fingerprint density at radius 2 is 1.67 bits per heavy atom. The second kappa shape index (κ2) is 10.5. The number of carboxylic acids is 1. The fourth-order valence-corrected chi connectivity index (χ4v) is 4.20. The summed E-state index contributed by atoms with van der Waals surface area (Å²) in [6.45, 7) is 8.02. The highest BCUT2D eigenvalue weighted by molar-refractivity contribution is 5.80. The van der Waals surface area contributed by atoms with E-state index in [0.717, 1.165) is 18.7 Å². The molecule has 0 saturated carbocycles. The molecule has 184 valence electrons. The Bertz CT molecular complexity index is 860. The van der Waals surface area contributed by atoms with Crippen molar-refractivity contribution in [3.63, 3.8) is 0 Å². The lowest BCUT2D eigenvalue weighted by Gasteiger charge is -2.34. The van der Waals surface area contributed by atoms with Crippen LogP contribution < -0.4 is 0 Å². The van der Waals surface area contributed by atoms with Crippen LogP contribution in [0, 0.1) is 17.2 Å². The molecule has 1 unspecified atom stereocenters. The fourth-order valence-electron chi connectivity index (χ4n) is 4.20. The maximum absolute atomic E-state index is 13.2. The van der Waals surface area contributed by atoms with Gasteiger partial charge in [0.15, 0.2) is 0 Å². The lowest BCUT2D eigenvalue weighted by atomic mass is 9.85. The van der Waals surface area contributed by atoms with Crippen molar-refractivity contribution in [1.82, 2.24) is 14.7 Å². The van der Waals surface area contributed by atoms with Gasteiger partial charge >= 0.3 is 12.1 Å². The van der Waals surface area contributed by atoms with Crippen molar-refractivity contribution >= 4 is 17.8 Å². The summed E-state index contributed by atoms with van der Waals surface area (Å²) in [7, 11) is 1.83. The minimum absolute atomic E-state index is 0.0504. The Labute approximate surface area is 189 Å². The van der Waals surface area contributed by atoms with Gasteiger partial charge in [-0.3, -0.25) is 14.5 Å². The lowest BCUT2D eigenvalue weighted by molar-refractivity contribution is -0.192. The van der Waals surface area contributed by atoms with E-state index in [0.29, 0.717) is 32.6 Å². The van der Waals surface area contributed by atoms with Gasteiger partial charge < -0.3 is 14.9 Å². The highest BCUT2D eigenvalue weighted by Gasteiger charge is 2.46. The van der Waals surface area contributed by atoms with Crippen LogP contribution in [-0.2, 0) is 20.9 Å². The highest BCUT2D eigenvalue weighted by Crippen LogP contribution is 2.35. The number of halogens is 4. The van der Waals surface area contributed by atoms with Gasteiger partial charge in [-0.2, -0.15) is 13.2 Å². The van der Waals surface area contributed by atoms with Crippen molar-refractivity contribution in [2.45, 2.75) is 33.0 Å². The number of benzene rings is 1. The molecule has 0 radical (unpaired) electrons. The molecule has 3 rings (SSSR count). The van der Waals surface area contributed by atoms with Gasteiger partial charge in [0.1, 0.15) is 5.82 Å². The number of rotatable bonds is 3. The molecule has 2 saturated heterocycles. The zero-order chi connectivity index (χ0) is 25.0. The molecule has 1 spiro atoms. The second-order valence-electron chi connectivity index (χ2n) is 8.98. The van der Waals surface area contributed by atoms with Crippen LogP contribution in [0.25, 0.3) is 0 Å². The van der Waals surface area contributed by atoms with E-state index in [1.807, 2.05) is 25.8 Å². The third-order valence-corrected chi connectivity index (χ3v) is 5.66. The van der Waals surface area contributed by atoms with Crippen molar-refractivity contribution in [1.29, 1.82) is 0 Å². The number of carbonyl (C=O) groups is 3. The monoisotopic (exact) mass is 475 g/mol. The minimum Gasteiger partial charge on any atom is -0.475 e. The molecule has 2 aliphatic heterocycles. The number of carbonyl (C=O) groups excluding carboxylic acids is 2. The maximum Gasteiger partial charge on any atom is 0.490 e. The molecule has 0 bridgehead atoms. The van der Waals surface area contributed by atoms with Crippen LogP contribution in [0.15, 0.2) is 24.3 Å². The van der Waals surface area contributed by atoms with E-state index in [-0.39, 0.29) is 29.0 Å². The predicted molar refractivity (Wildman–Crippen MR) is 111 cm³/mol. The van der Waals surface area contributed by atoms with Gasteiger partial charge in [0, 0.05) is 64.1 Å². The van der Waals surface area contributed by atoms with Gasteiger partial charge in [-0.15, -0.1) is 0 Å². The van der Waals surface area contributed by atoms with Crippen LogP contribution >= 0.6 is 0 Å². The molecule has 0 aliphatic carbocycles. The third-order valence-electron chi connectivity index (χ3n) is 5.66. The Morgan fingerprint density at radius 3 is 2.12 bits per heavy atom. The Hall–Kier alpha value is -2.69. The molecule has 0 aromatic heterocycles. The van der Waals surface area contributed by atoms with Gasteiger partial charge in [-0.25, -0.2) is 9.18 Å². The molecule has 2 heterocycles. The van der Waals surface area contributed by atoms with E-state index < -0.39 is 12.1 Å². The number of likely N-dealkylation sites (tertiary alicyclic amines) is 1. The van der Waals surface area contributed by atoms with E-state index in [9.17, 15) is 27.2 Å². The lowest BCUT2D eigenvalue weighted by Crippen LogP contribution is -2.45. The SMILES string of the molecule is CC(C)C(=O)N1CCN(Cc2ccc(F)cc2)CC2(CC(=O)N(C)C2)C1.O=C(O)C(F)(F)F. The summed E-state index contributed by atoms with van der Waals surface area (Å²) >= 11 is 0. The molecule has 7 nitrogen and oxygen atoms in total. The van der Waals surface area contributed by atoms with Gasteiger partial charge in [0.25, 0.3) is 0 Å². The summed E-state index contributed by atoms with van der Waals surface area (Å²) < 4.78 is 44.9. The molecule has 1 aromatic rings. The van der Waals surface area contributed by atoms with Crippen molar-refractivity contribution < 1.29 is 37.1 Å². The molecule has 2 amide bonds. The van der Waals surface area contributed by atoms with Crippen LogP contribution in [0.1, 0.15) is 25.8 Å². The first-order valence-electron chi connectivity index (χ1n) is 10.5. The van der Waals surface area contributed by atoms with Crippen molar-refractivity contribution in [2.75, 3.05) is 39.8 Å². The Kier molecular flexibility index (Phi) is 8.45. The second-order valence-corrected chi connectivity index (χ2v) is 8.98. The number of alkyl halides is 3. The van der Waals surface area contributed by atoms with Gasteiger partial charge in [-0.05, 0) is 17.7 Å². The van der Waals surface area contributed by atoms with Gasteiger partial charge in [-0.1, -0.05) is 26.0 Å². The summed E-state index contributed by atoms with van der Waals surface area (Å²) in [5, 5.41) is 7.12. The number of hydrogen-bond donors (Lipinski definition) is 1. The fraction of sp³-hybridized carbons (Fsp3) is 0.591. The molecule has 2 fully saturated rings. The van der Waals surface area contributed by atoms with E-state index in [1.54, 1.807) is 17.0 Å². The van der Waals surface area contributed by atoms with Gasteiger partial charge in [0.05, 0.1) is 0 Å². The summed E-state index contributed by atoms with van der Waals surface area (Å²) in [6, 6.07) is 6.56. The van der Waals surface area contributed by atoms with E-state index in [4.69, 9.17) is 9.90 Å². The number of carboxylic acid groups (broad SMARTS) is 1. The average Bonchev–Trinajstić information content (AvgIpc) is 2.87. The van der Waals surface area contributed by atoms with Crippen LogP contribution in [-0.4, -0.2) is 83.5 Å². The smallest absolute Gasteiger partial charge is 0.475 e. The number of hydrogen-bond acceptors (Lipinski definition) is 4. The molecule has 33 heavy (non-hydrogen) atoms. The molecule has 2 aliphatic rings. The quantitative estimate of drug-likeness (QED) is 0.680. The third kappa shape index (κ3) is 7.41. The molecule has 11 heteroatoms. The largest absolute Gasteiger partial charge is 0.490 e. The zero-order valence-corrected chi connectivity index (χ0v) is 18.9. The average molecular weight is 475 g/mol. The Morgan fingerprint density at radius 1 is 1.09 bits per heavy atom. The van der Waals surface area contributed by atoms with E-state index >= 15 is 0 Å². The van der Waals surface area contributed by atoms with Crippen molar-refractivity contribution in [3.05, 3.63) is 35.6 Å². The normalized spacial score (nSPS) is 21.8. The van der Waals surface area contributed by atoms with E-state index in [1.165, 1.54) is 12.1 Å². The van der Waals surface area contributed by atoms with E-state index in [2.05, 4.69) is 4.90 Å². The summed E-state index contributed by atoms with van der Waals surface area (Å²) in [4.78, 5) is 39.8. The summed E-state index contributed by atoms with van der Waals surface area (Å²) in [6.07, 6.45) is -4.61. The first kappa shape index (κ1) is 26.6. The van der Waals surface area contributed by atoms with Gasteiger partial charge in [0.2, 0.25) is 11.8 Å². The molecule has 1 atom stereocenters. The first-order valence-corrected chi connectivity index (χ1v) is 10.5. The number of amides is 2. The van der Waals surface area contributed by atoms with Crippen LogP contribution in [0.3, 0.4) is 0 Å². The highest BCUT2D eigenvalue weighted by atomic mass is 19.4. The number of nitrogens with zero attached hydrogens (tertiary/aromatic N) is 3. The molecular formula is C22H29F4N3O4. The van der Waals surface area contributed by atoms with Crippen molar-refractivity contribution in [3.8, 4) is 0 Å². The van der Waals surface area contributed by atoms with Crippen molar-refractivity contribution in [2.24, 2.45) is 11.3 Å². The maximum atomic E-state index is 13.2. The molecular weight excluding hydrogens is 446 g/mol. The molecule has 1 N–H and O–H groups in total. The predicted octanol–water partition coefficient (Wildman–Crippen LogP) is 2.61. The zero-order valence-electron chi connectivity index (χ0n) is 18.9. The minimum atomic E-state index is -5.08. The van der Waals surface area contributed by atoms with Crippen LogP contribution in [0.4, 0.5) is 17.6 Å². The Balaban J connectivity index is 0.000000479. The summed E-state index contributed by atoms with van der Waals surface area (Å²) in [5.41, 5.74) is 0.815. The first-order chi connectivity index (χ1) is 15.2. The topological polar surface area (TPSA) is 81.2 Å². The standard InChI is InChI=1S/C20H28FN3O2.C2HF3O2/c1-15(2)19(26)24-9-8-23(11-16-4-6-17(21)7-5-16)13-20(14-24)10-18(25)22(3)12-20;3-2(4,5)1(6)7/h4-7,15H,8-14H2,1-3H3;(H,6,7). The van der Waals surface area contributed by atoms with Crippen LogP contribution in [0.5, 0.6) is 0 Å². The number of aliphatic carboxylic acids is 1.